The maximum atomic E-state index is 11.8. The molecule has 8 heteroatoms. The van der Waals surface area contributed by atoms with E-state index >= 15 is 0 Å². The molecule has 8 nitrogen and oxygen atoms in total. The van der Waals surface area contributed by atoms with Crippen molar-refractivity contribution in [2.75, 3.05) is 18.0 Å². The van der Waals surface area contributed by atoms with Crippen molar-refractivity contribution >= 4 is 17.6 Å². The lowest BCUT2D eigenvalue weighted by atomic mass is 10.1. The summed E-state index contributed by atoms with van der Waals surface area (Å²) in [4.78, 5) is 30.7. The minimum absolute atomic E-state index is 0.0313. The number of carboxylic acid groups (broad SMARTS) is 1. The highest BCUT2D eigenvalue weighted by Crippen LogP contribution is 2.25. The first kappa shape index (κ1) is 12.8. The van der Waals surface area contributed by atoms with Gasteiger partial charge in [0.15, 0.2) is 0 Å². The van der Waals surface area contributed by atoms with Crippen LogP contribution in [-0.4, -0.2) is 35.1 Å². The minimum Gasteiger partial charge on any atom is -0.478 e. The first-order chi connectivity index (χ1) is 9.11. The standard InChI is InChI=1S/C11H11N5O3/c12-15-14-3-7-1-10(17)16(6-7)9-2-8(11(18)19)4-13-5-9/h2,4-5,7H,1,3,6H2,(H,18,19). The van der Waals surface area contributed by atoms with Crippen LogP contribution in [0, 0.1) is 5.92 Å². The largest absolute Gasteiger partial charge is 0.478 e. The molecule has 1 N–H and O–H groups in total. The smallest absolute Gasteiger partial charge is 0.337 e. The summed E-state index contributed by atoms with van der Waals surface area (Å²) in [5.74, 6) is -1.26. The summed E-state index contributed by atoms with van der Waals surface area (Å²) in [7, 11) is 0. The molecule has 0 aliphatic carbocycles. The highest BCUT2D eigenvalue weighted by Gasteiger charge is 2.30. The number of pyridine rings is 1. The molecule has 1 unspecified atom stereocenters. The number of amides is 1. The van der Waals surface area contributed by atoms with Crippen molar-refractivity contribution < 1.29 is 14.7 Å². The lowest BCUT2D eigenvalue weighted by Gasteiger charge is -2.16. The molecule has 1 aromatic rings. The van der Waals surface area contributed by atoms with E-state index in [1.807, 2.05) is 0 Å². The van der Waals surface area contributed by atoms with Crippen molar-refractivity contribution in [3.63, 3.8) is 0 Å². The molecule has 1 saturated heterocycles. The fourth-order valence-electron chi connectivity index (χ4n) is 2.00. The van der Waals surface area contributed by atoms with E-state index in [0.717, 1.165) is 0 Å². The Bertz CT molecular complexity index is 567. The van der Waals surface area contributed by atoms with Gasteiger partial charge in [-0.3, -0.25) is 9.78 Å². The molecule has 1 atom stereocenters. The summed E-state index contributed by atoms with van der Waals surface area (Å²) < 4.78 is 0. The predicted molar refractivity (Wildman–Crippen MR) is 65.7 cm³/mol. The van der Waals surface area contributed by atoms with Crippen LogP contribution in [0.4, 0.5) is 5.69 Å². The summed E-state index contributed by atoms with van der Waals surface area (Å²) in [5, 5.41) is 12.3. The van der Waals surface area contributed by atoms with E-state index in [2.05, 4.69) is 15.0 Å². The topological polar surface area (TPSA) is 119 Å². The lowest BCUT2D eigenvalue weighted by Crippen LogP contribution is -2.25. The molecule has 0 radical (unpaired) electrons. The molecule has 0 spiro atoms. The third-order valence-corrected chi connectivity index (χ3v) is 2.89. The van der Waals surface area contributed by atoms with Gasteiger partial charge in [-0.25, -0.2) is 4.79 Å². The summed E-state index contributed by atoms with van der Waals surface area (Å²) in [6.45, 7) is 0.660. The van der Waals surface area contributed by atoms with Gasteiger partial charge >= 0.3 is 5.97 Å². The van der Waals surface area contributed by atoms with Crippen molar-refractivity contribution in [3.8, 4) is 0 Å². The predicted octanol–water partition coefficient (Wildman–Crippen LogP) is 1.44. The number of carbonyl (C=O) groups excluding carboxylic acids is 1. The Balaban J connectivity index is 2.18. The van der Waals surface area contributed by atoms with E-state index in [1.54, 1.807) is 0 Å². The van der Waals surface area contributed by atoms with Gasteiger partial charge in [0.25, 0.3) is 0 Å². The van der Waals surface area contributed by atoms with Crippen LogP contribution in [0.2, 0.25) is 0 Å². The number of rotatable bonds is 4. The van der Waals surface area contributed by atoms with Gasteiger partial charge in [-0.15, -0.1) is 0 Å². The van der Waals surface area contributed by atoms with Crippen molar-refractivity contribution in [1.29, 1.82) is 0 Å². The SMILES string of the molecule is [N-]=[N+]=NCC1CC(=O)N(c2cncc(C(=O)O)c2)C1. The Morgan fingerprint density at radius 1 is 1.63 bits per heavy atom. The number of carbonyl (C=O) groups is 2. The Morgan fingerprint density at radius 3 is 3.11 bits per heavy atom. The quantitative estimate of drug-likeness (QED) is 0.501. The van der Waals surface area contributed by atoms with Crippen molar-refractivity contribution in [2.45, 2.75) is 6.42 Å². The summed E-state index contributed by atoms with van der Waals surface area (Å²) >= 11 is 0. The van der Waals surface area contributed by atoms with E-state index in [9.17, 15) is 9.59 Å². The maximum Gasteiger partial charge on any atom is 0.337 e. The third kappa shape index (κ3) is 2.80. The van der Waals surface area contributed by atoms with Crippen LogP contribution in [-0.2, 0) is 4.79 Å². The van der Waals surface area contributed by atoms with Gasteiger partial charge in [0.05, 0.1) is 17.4 Å². The number of aromatic carboxylic acids is 1. The molecule has 1 aromatic heterocycles. The summed E-state index contributed by atoms with van der Waals surface area (Å²) in [6.07, 6.45) is 2.96. The number of hydrogen-bond acceptors (Lipinski definition) is 4. The molecule has 98 valence electrons. The average molecular weight is 261 g/mol. The Hall–Kier alpha value is -2.60. The number of azide groups is 1. The molecule has 0 bridgehead atoms. The van der Waals surface area contributed by atoms with Gasteiger partial charge in [0.1, 0.15) is 0 Å². The zero-order valence-electron chi connectivity index (χ0n) is 9.93. The van der Waals surface area contributed by atoms with Crippen molar-refractivity contribution in [1.82, 2.24) is 4.98 Å². The van der Waals surface area contributed by atoms with Gasteiger partial charge in [-0.1, -0.05) is 5.11 Å². The van der Waals surface area contributed by atoms with E-state index in [1.165, 1.54) is 23.4 Å². The minimum atomic E-state index is -1.09. The molecular weight excluding hydrogens is 250 g/mol. The van der Waals surface area contributed by atoms with E-state index < -0.39 is 5.97 Å². The molecule has 1 aliphatic heterocycles. The number of anilines is 1. The number of carboxylic acids is 1. The van der Waals surface area contributed by atoms with Crippen LogP contribution in [0.25, 0.3) is 10.4 Å². The maximum absolute atomic E-state index is 11.8. The Kier molecular flexibility index (Phi) is 3.63. The molecule has 0 saturated carbocycles. The number of aromatic nitrogens is 1. The van der Waals surface area contributed by atoms with Crippen LogP contribution in [0.3, 0.4) is 0 Å². The van der Waals surface area contributed by atoms with E-state index in [0.29, 0.717) is 12.2 Å². The van der Waals surface area contributed by atoms with Gasteiger partial charge in [0.2, 0.25) is 5.91 Å². The van der Waals surface area contributed by atoms with Crippen LogP contribution in [0.5, 0.6) is 0 Å². The zero-order chi connectivity index (χ0) is 13.8. The fraction of sp³-hybridized carbons (Fsp3) is 0.364. The van der Waals surface area contributed by atoms with Crippen molar-refractivity contribution in [3.05, 3.63) is 34.5 Å². The monoisotopic (exact) mass is 261 g/mol. The van der Waals surface area contributed by atoms with Crippen LogP contribution < -0.4 is 4.90 Å². The van der Waals surface area contributed by atoms with Crippen LogP contribution in [0.1, 0.15) is 16.8 Å². The third-order valence-electron chi connectivity index (χ3n) is 2.89. The molecule has 0 aromatic carbocycles. The van der Waals surface area contributed by atoms with Gasteiger partial charge < -0.3 is 10.0 Å². The Morgan fingerprint density at radius 2 is 2.42 bits per heavy atom. The van der Waals surface area contributed by atoms with Crippen LogP contribution in [0.15, 0.2) is 23.6 Å². The molecular formula is C11H11N5O3. The highest BCUT2D eigenvalue weighted by molar-refractivity contribution is 5.97. The lowest BCUT2D eigenvalue weighted by molar-refractivity contribution is -0.117. The highest BCUT2D eigenvalue weighted by atomic mass is 16.4. The first-order valence-electron chi connectivity index (χ1n) is 5.61. The van der Waals surface area contributed by atoms with Gasteiger partial charge in [-0.2, -0.15) is 0 Å². The average Bonchev–Trinajstić information content (AvgIpc) is 2.77. The second-order valence-electron chi connectivity index (χ2n) is 4.22. The summed E-state index contributed by atoms with van der Waals surface area (Å²) in [5.41, 5.74) is 8.74. The molecule has 2 rings (SSSR count). The second kappa shape index (κ2) is 5.36. The fourth-order valence-corrected chi connectivity index (χ4v) is 2.00. The van der Waals surface area contributed by atoms with Crippen LogP contribution >= 0.6 is 0 Å². The van der Waals surface area contributed by atoms with Crippen molar-refractivity contribution in [2.24, 2.45) is 11.0 Å². The zero-order valence-corrected chi connectivity index (χ0v) is 9.93. The molecule has 1 aliphatic rings. The second-order valence-corrected chi connectivity index (χ2v) is 4.22. The molecule has 1 amide bonds. The number of hydrogen-bond donors (Lipinski definition) is 1. The first-order valence-corrected chi connectivity index (χ1v) is 5.61. The summed E-state index contributed by atoms with van der Waals surface area (Å²) in [6, 6.07) is 1.41. The van der Waals surface area contributed by atoms with Gasteiger partial charge in [0, 0.05) is 30.6 Å². The molecule has 19 heavy (non-hydrogen) atoms. The normalized spacial score (nSPS) is 18.2. The van der Waals surface area contributed by atoms with E-state index in [-0.39, 0.29) is 30.4 Å². The van der Waals surface area contributed by atoms with Gasteiger partial charge in [-0.05, 0) is 17.5 Å². The van der Waals surface area contributed by atoms with E-state index in [4.69, 9.17) is 10.6 Å². The number of nitrogens with zero attached hydrogens (tertiary/aromatic N) is 5. The Labute approximate surface area is 108 Å². The molecule has 2 heterocycles. The molecule has 1 fully saturated rings.